The maximum Gasteiger partial charge on any atom is 0.130 e. The van der Waals surface area contributed by atoms with Crippen molar-refractivity contribution in [2.45, 2.75) is 33.7 Å². The van der Waals surface area contributed by atoms with E-state index in [4.69, 9.17) is 4.74 Å². The van der Waals surface area contributed by atoms with Crippen LogP contribution in [-0.4, -0.2) is 22.6 Å². The van der Waals surface area contributed by atoms with Gasteiger partial charge in [-0.15, -0.1) is 0 Å². The summed E-state index contributed by atoms with van der Waals surface area (Å²) < 4.78 is 5.75. The highest BCUT2D eigenvalue weighted by molar-refractivity contribution is 5.36. The first-order valence-corrected chi connectivity index (χ1v) is 6.81. The Morgan fingerprint density at radius 2 is 1.80 bits per heavy atom. The third-order valence-electron chi connectivity index (χ3n) is 2.88. The van der Waals surface area contributed by atoms with Crippen LogP contribution in [0.2, 0.25) is 0 Å². The van der Waals surface area contributed by atoms with E-state index < -0.39 is 0 Å². The number of hydrogen-bond donors (Lipinski definition) is 1. The minimum Gasteiger partial charge on any atom is -0.491 e. The van der Waals surface area contributed by atoms with E-state index in [1.807, 2.05) is 44.2 Å². The van der Waals surface area contributed by atoms with Crippen molar-refractivity contribution in [3.8, 4) is 5.75 Å². The van der Waals surface area contributed by atoms with Gasteiger partial charge in [0.25, 0.3) is 0 Å². The second-order valence-electron chi connectivity index (χ2n) is 5.11. The zero-order chi connectivity index (χ0) is 14.5. The zero-order valence-electron chi connectivity index (χ0n) is 12.5. The molecule has 0 aliphatic heterocycles. The molecule has 1 aromatic heterocycles. The minimum absolute atomic E-state index is 0.171. The van der Waals surface area contributed by atoms with Crippen LogP contribution in [0.5, 0.6) is 5.75 Å². The summed E-state index contributed by atoms with van der Waals surface area (Å²) in [6.45, 7) is 8.58. The number of ether oxygens (including phenoxy) is 1. The topological polar surface area (TPSA) is 47.0 Å². The van der Waals surface area contributed by atoms with Crippen molar-refractivity contribution in [2.75, 3.05) is 11.9 Å². The lowest BCUT2D eigenvalue weighted by Gasteiger charge is -2.16. The lowest BCUT2D eigenvalue weighted by molar-refractivity contribution is 0.303. The Morgan fingerprint density at radius 3 is 2.45 bits per heavy atom. The molecule has 0 radical (unpaired) electrons. The molecule has 0 fully saturated rings. The molecule has 1 heterocycles. The lowest BCUT2D eigenvalue weighted by atomic mass is 10.2. The van der Waals surface area contributed by atoms with E-state index in [0.717, 1.165) is 23.1 Å². The first-order valence-electron chi connectivity index (χ1n) is 6.81. The maximum absolute atomic E-state index is 5.75. The van der Waals surface area contributed by atoms with E-state index in [0.29, 0.717) is 6.61 Å². The summed E-state index contributed by atoms with van der Waals surface area (Å²) in [5.41, 5.74) is 2.20. The van der Waals surface area contributed by atoms with Crippen LogP contribution in [0, 0.1) is 20.8 Å². The van der Waals surface area contributed by atoms with E-state index in [1.165, 1.54) is 5.56 Å². The largest absolute Gasteiger partial charge is 0.491 e. The third-order valence-corrected chi connectivity index (χ3v) is 2.88. The van der Waals surface area contributed by atoms with E-state index in [2.05, 4.69) is 29.1 Å². The number of anilines is 1. The van der Waals surface area contributed by atoms with Gasteiger partial charge >= 0.3 is 0 Å². The number of nitrogens with zero attached hydrogens (tertiary/aromatic N) is 2. The van der Waals surface area contributed by atoms with Crippen LogP contribution in [-0.2, 0) is 0 Å². The Bertz CT molecular complexity index is 546. The summed E-state index contributed by atoms with van der Waals surface area (Å²) in [5.74, 6) is 2.51. The van der Waals surface area contributed by atoms with Crippen molar-refractivity contribution < 1.29 is 4.74 Å². The third kappa shape index (κ3) is 4.23. The highest BCUT2D eigenvalue weighted by Crippen LogP contribution is 2.13. The van der Waals surface area contributed by atoms with Gasteiger partial charge in [0.05, 0.1) is 6.04 Å². The van der Waals surface area contributed by atoms with Gasteiger partial charge in [0.2, 0.25) is 0 Å². The van der Waals surface area contributed by atoms with Crippen LogP contribution >= 0.6 is 0 Å². The first-order chi connectivity index (χ1) is 9.52. The normalized spacial score (nSPS) is 12.0. The molecule has 2 rings (SSSR count). The summed E-state index contributed by atoms with van der Waals surface area (Å²) in [5, 5.41) is 3.33. The molecule has 1 N–H and O–H groups in total. The van der Waals surface area contributed by atoms with Crippen LogP contribution in [0.3, 0.4) is 0 Å². The molecule has 1 atom stereocenters. The van der Waals surface area contributed by atoms with E-state index in [1.54, 1.807) is 0 Å². The highest BCUT2D eigenvalue weighted by Gasteiger charge is 2.05. The predicted octanol–water partition coefficient (Wildman–Crippen LogP) is 3.28. The smallest absolute Gasteiger partial charge is 0.130 e. The molecule has 106 valence electrons. The molecular weight excluding hydrogens is 250 g/mol. The van der Waals surface area contributed by atoms with E-state index in [-0.39, 0.29) is 6.04 Å². The second-order valence-corrected chi connectivity index (χ2v) is 5.11. The number of nitrogens with one attached hydrogen (secondary N) is 1. The average molecular weight is 271 g/mol. The van der Waals surface area contributed by atoms with Crippen molar-refractivity contribution in [3.63, 3.8) is 0 Å². The van der Waals surface area contributed by atoms with Crippen molar-refractivity contribution in [3.05, 3.63) is 47.4 Å². The van der Waals surface area contributed by atoms with Crippen LogP contribution in [0.1, 0.15) is 24.0 Å². The average Bonchev–Trinajstić information content (AvgIpc) is 2.37. The van der Waals surface area contributed by atoms with Crippen molar-refractivity contribution in [1.82, 2.24) is 9.97 Å². The Morgan fingerprint density at radius 1 is 1.10 bits per heavy atom. The standard InChI is InChI=1S/C16H21N3O/c1-11-5-7-15(8-6-11)20-10-13(3)18-16-9-12(2)17-14(4)19-16/h5-9,13H,10H2,1-4H3,(H,17,18,19). The van der Waals surface area contributed by atoms with Gasteiger partial charge in [0, 0.05) is 11.8 Å². The van der Waals surface area contributed by atoms with Gasteiger partial charge in [-0.2, -0.15) is 0 Å². The van der Waals surface area contributed by atoms with E-state index in [9.17, 15) is 0 Å². The minimum atomic E-state index is 0.171. The van der Waals surface area contributed by atoms with Gasteiger partial charge in [-0.3, -0.25) is 0 Å². The molecule has 4 heteroatoms. The fourth-order valence-electron chi connectivity index (χ4n) is 1.94. The van der Waals surface area contributed by atoms with Crippen LogP contribution in [0.15, 0.2) is 30.3 Å². The summed E-state index contributed by atoms with van der Waals surface area (Å²) >= 11 is 0. The van der Waals surface area contributed by atoms with Crippen molar-refractivity contribution in [2.24, 2.45) is 0 Å². The van der Waals surface area contributed by atoms with E-state index >= 15 is 0 Å². The summed E-state index contributed by atoms with van der Waals surface area (Å²) in [4.78, 5) is 8.62. The molecule has 2 aromatic rings. The van der Waals surface area contributed by atoms with Gasteiger partial charge in [-0.1, -0.05) is 17.7 Å². The molecule has 0 spiro atoms. The number of hydrogen-bond acceptors (Lipinski definition) is 4. The SMILES string of the molecule is Cc1ccc(OCC(C)Nc2cc(C)nc(C)n2)cc1. The second kappa shape index (κ2) is 6.37. The molecule has 0 saturated heterocycles. The summed E-state index contributed by atoms with van der Waals surface area (Å²) in [6, 6.07) is 10.2. The lowest BCUT2D eigenvalue weighted by Crippen LogP contribution is -2.24. The Balaban J connectivity index is 1.88. The molecule has 0 saturated carbocycles. The van der Waals surface area contributed by atoms with Gasteiger partial charge in [-0.05, 0) is 39.8 Å². The molecule has 0 amide bonds. The summed E-state index contributed by atoms with van der Waals surface area (Å²) in [7, 11) is 0. The van der Waals surface area contributed by atoms with Gasteiger partial charge in [0.15, 0.2) is 0 Å². The van der Waals surface area contributed by atoms with Crippen LogP contribution in [0.25, 0.3) is 0 Å². The highest BCUT2D eigenvalue weighted by atomic mass is 16.5. The summed E-state index contributed by atoms with van der Waals surface area (Å²) in [6.07, 6.45) is 0. The number of benzene rings is 1. The molecule has 0 aliphatic rings. The molecule has 4 nitrogen and oxygen atoms in total. The molecule has 0 bridgehead atoms. The van der Waals surface area contributed by atoms with Crippen LogP contribution < -0.4 is 10.1 Å². The first kappa shape index (κ1) is 14.3. The predicted molar refractivity (Wildman–Crippen MR) is 81.3 cm³/mol. The molecule has 20 heavy (non-hydrogen) atoms. The molecular formula is C16H21N3O. The zero-order valence-corrected chi connectivity index (χ0v) is 12.5. The molecule has 0 aliphatic carbocycles. The molecule has 1 aromatic carbocycles. The number of aromatic nitrogens is 2. The maximum atomic E-state index is 5.75. The van der Waals surface area contributed by atoms with Gasteiger partial charge in [-0.25, -0.2) is 9.97 Å². The quantitative estimate of drug-likeness (QED) is 0.906. The number of rotatable bonds is 5. The Kier molecular flexibility index (Phi) is 4.56. The fraction of sp³-hybridized carbons (Fsp3) is 0.375. The fourth-order valence-corrected chi connectivity index (χ4v) is 1.94. The van der Waals surface area contributed by atoms with Crippen molar-refractivity contribution in [1.29, 1.82) is 0 Å². The van der Waals surface area contributed by atoms with Crippen molar-refractivity contribution >= 4 is 5.82 Å². The Labute approximate surface area is 120 Å². The van der Waals surface area contributed by atoms with Gasteiger partial charge in [0.1, 0.15) is 24.0 Å². The number of aryl methyl sites for hydroxylation is 3. The monoisotopic (exact) mass is 271 g/mol. The van der Waals surface area contributed by atoms with Gasteiger partial charge < -0.3 is 10.1 Å². The van der Waals surface area contributed by atoms with Crippen LogP contribution in [0.4, 0.5) is 5.82 Å². The Hall–Kier alpha value is -2.10. The molecule has 1 unspecified atom stereocenters.